The van der Waals surface area contributed by atoms with Gasteiger partial charge < -0.3 is 20.3 Å². The van der Waals surface area contributed by atoms with Gasteiger partial charge in [-0.3, -0.25) is 0 Å². The molecule has 2 amide bonds. The Labute approximate surface area is 123 Å². The SMILES string of the molecule is CC(CO)NC(=O)NCc1ccc(Cn2ccnc2)cc1. The first-order valence-corrected chi connectivity index (χ1v) is 6.86. The number of imidazole rings is 1. The van der Waals surface area contributed by atoms with Gasteiger partial charge in [-0.1, -0.05) is 24.3 Å². The largest absolute Gasteiger partial charge is 0.394 e. The Morgan fingerprint density at radius 1 is 1.33 bits per heavy atom. The number of aromatic nitrogens is 2. The van der Waals surface area contributed by atoms with Crippen molar-refractivity contribution >= 4 is 6.03 Å². The third-order valence-corrected chi connectivity index (χ3v) is 3.05. The number of aliphatic hydroxyl groups is 1. The van der Waals surface area contributed by atoms with E-state index in [9.17, 15) is 4.79 Å². The van der Waals surface area contributed by atoms with Gasteiger partial charge in [0.25, 0.3) is 0 Å². The highest BCUT2D eigenvalue weighted by Gasteiger charge is 2.05. The maximum absolute atomic E-state index is 11.5. The van der Waals surface area contributed by atoms with E-state index in [-0.39, 0.29) is 18.7 Å². The Bertz CT molecular complexity index is 552. The van der Waals surface area contributed by atoms with Crippen molar-refractivity contribution in [2.75, 3.05) is 6.61 Å². The van der Waals surface area contributed by atoms with Crippen LogP contribution in [0.25, 0.3) is 0 Å². The normalized spacial score (nSPS) is 11.9. The first kappa shape index (κ1) is 15.1. The van der Waals surface area contributed by atoms with Crippen molar-refractivity contribution in [1.82, 2.24) is 20.2 Å². The average Bonchev–Trinajstić information content (AvgIpc) is 2.99. The Hall–Kier alpha value is -2.34. The summed E-state index contributed by atoms with van der Waals surface area (Å²) in [4.78, 5) is 15.5. The highest BCUT2D eigenvalue weighted by atomic mass is 16.3. The van der Waals surface area contributed by atoms with E-state index in [0.29, 0.717) is 6.54 Å². The highest BCUT2D eigenvalue weighted by Crippen LogP contribution is 2.06. The summed E-state index contributed by atoms with van der Waals surface area (Å²) in [6, 6.07) is 7.52. The van der Waals surface area contributed by atoms with Crippen LogP contribution in [-0.2, 0) is 13.1 Å². The van der Waals surface area contributed by atoms with Crippen LogP contribution in [0.1, 0.15) is 18.1 Å². The molecule has 2 rings (SSSR count). The third-order valence-electron chi connectivity index (χ3n) is 3.05. The van der Waals surface area contributed by atoms with E-state index < -0.39 is 0 Å². The van der Waals surface area contributed by atoms with E-state index in [2.05, 4.69) is 15.6 Å². The predicted octanol–water partition coefficient (Wildman–Crippen LogP) is 1.11. The molecule has 0 aliphatic rings. The van der Waals surface area contributed by atoms with Crippen LogP contribution in [0, 0.1) is 0 Å². The molecular weight excluding hydrogens is 268 g/mol. The van der Waals surface area contributed by atoms with Gasteiger partial charge in [-0.25, -0.2) is 9.78 Å². The molecule has 1 atom stereocenters. The first-order chi connectivity index (χ1) is 10.2. The summed E-state index contributed by atoms with van der Waals surface area (Å²) in [6.07, 6.45) is 5.45. The number of hydrogen-bond acceptors (Lipinski definition) is 3. The molecule has 0 saturated heterocycles. The Morgan fingerprint density at radius 3 is 2.67 bits per heavy atom. The maximum Gasteiger partial charge on any atom is 0.315 e. The van der Waals surface area contributed by atoms with Crippen molar-refractivity contribution in [1.29, 1.82) is 0 Å². The van der Waals surface area contributed by atoms with Gasteiger partial charge in [0.2, 0.25) is 0 Å². The fourth-order valence-corrected chi connectivity index (χ4v) is 1.86. The molecule has 0 aliphatic heterocycles. The summed E-state index contributed by atoms with van der Waals surface area (Å²) < 4.78 is 2.00. The van der Waals surface area contributed by atoms with Crippen LogP contribution in [0.2, 0.25) is 0 Å². The number of nitrogens with one attached hydrogen (secondary N) is 2. The van der Waals surface area contributed by atoms with Crippen LogP contribution >= 0.6 is 0 Å². The maximum atomic E-state index is 11.5. The number of nitrogens with zero attached hydrogens (tertiary/aromatic N) is 2. The highest BCUT2D eigenvalue weighted by molar-refractivity contribution is 5.74. The Morgan fingerprint density at radius 2 is 2.05 bits per heavy atom. The van der Waals surface area contributed by atoms with Gasteiger partial charge in [-0.2, -0.15) is 0 Å². The molecule has 0 radical (unpaired) electrons. The lowest BCUT2D eigenvalue weighted by Gasteiger charge is -2.12. The summed E-state index contributed by atoms with van der Waals surface area (Å²) in [5, 5.41) is 14.2. The number of hydrogen-bond donors (Lipinski definition) is 3. The van der Waals surface area contributed by atoms with E-state index in [0.717, 1.165) is 12.1 Å². The monoisotopic (exact) mass is 288 g/mol. The summed E-state index contributed by atoms with van der Waals surface area (Å²) in [5.74, 6) is 0. The van der Waals surface area contributed by atoms with Crippen LogP contribution in [0.3, 0.4) is 0 Å². The number of aliphatic hydroxyl groups excluding tert-OH is 1. The van der Waals surface area contributed by atoms with Crippen LogP contribution in [0.15, 0.2) is 43.0 Å². The van der Waals surface area contributed by atoms with E-state index in [1.165, 1.54) is 5.56 Å². The second-order valence-corrected chi connectivity index (χ2v) is 4.96. The summed E-state index contributed by atoms with van der Waals surface area (Å²) in [6.45, 7) is 2.90. The molecule has 1 aromatic carbocycles. The average molecular weight is 288 g/mol. The second kappa shape index (κ2) is 7.44. The fraction of sp³-hybridized carbons (Fsp3) is 0.333. The van der Waals surface area contributed by atoms with Crippen molar-refractivity contribution in [2.45, 2.75) is 26.1 Å². The minimum Gasteiger partial charge on any atom is -0.394 e. The van der Waals surface area contributed by atoms with Crippen molar-refractivity contribution in [3.8, 4) is 0 Å². The van der Waals surface area contributed by atoms with Crippen molar-refractivity contribution in [2.24, 2.45) is 0 Å². The lowest BCUT2D eigenvalue weighted by Crippen LogP contribution is -2.41. The summed E-state index contributed by atoms with van der Waals surface area (Å²) >= 11 is 0. The van der Waals surface area contributed by atoms with Crippen molar-refractivity contribution in [3.05, 3.63) is 54.1 Å². The van der Waals surface area contributed by atoms with Crippen LogP contribution < -0.4 is 10.6 Å². The van der Waals surface area contributed by atoms with Gasteiger partial charge in [-0.05, 0) is 18.1 Å². The molecule has 0 saturated carbocycles. The number of carbonyl (C=O) groups excluding carboxylic acids is 1. The number of benzene rings is 1. The zero-order valence-electron chi connectivity index (χ0n) is 12.0. The zero-order valence-corrected chi connectivity index (χ0v) is 12.0. The molecule has 2 aromatic rings. The Kier molecular flexibility index (Phi) is 5.34. The lowest BCUT2D eigenvalue weighted by atomic mass is 10.1. The van der Waals surface area contributed by atoms with Crippen LogP contribution in [-0.4, -0.2) is 33.3 Å². The first-order valence-electron chi connectivity index (χ1n) is 6.86. The topological polar surface area (TPSA) is 79.2 Å². The van der Waals surface area contributed by atoms with Crippen LogP contribution in [0.4, 0.5) is 4.79 Å². The summed E-state index contributed by atoms with van der Waals surface area (Å²) in [7, 11) is 0. The van der Waals surface area contributed by atoms with Gasteiger partial charge in [0, 0.05) is 25.5 Å². The van der Waals surface area contributed by atoms with Gasteiger partial charge in [0.05, 0.1) is 19.0 Å². The number of urea groups is 1. The van der Waals surface area contributed by atoms with Gasteiger partial charge in [0.1, 0.15) is 0 Å². The molecule has 1 heterocycles. The third kappa shape index (κ3) is 4.92. The minimum atomic E-state index is -0.279. The molecule has 1 unspecified atom stereocenters. The smallest absolute Gasteiger partial charge is 0.315 e. The summed E-state index contributed by atoms with van der Waals surface area (Å²) in [5.41, 5.74) is 2.20. The molecule has 1 aromatic heterocycles. The van der Waals surface area contributed by atoms with Crippen molar-refractivity contribution < 1.29 is 9.90 Å². The zero-order chi connectivity index (χ0) is 15.1. The molecule has 21 heavy (non-hydrogen) atoms. The van der Waals surface area contributed by atoms with Gasteiger partial charge in [0.15, 0.2) is 0 Å². The lowest BCUT2D eigenvalue weighted by molar-refractivity contribution is 0.220. The van der Waals surface area contributed by atoms with Gasteiger partial charge in [-0.15, -0.1) is 0 Å². The van der Waals surface area contributed by atoms with E-state index >= 15 is 0 Å². The molecule has 112 valence electrons. The number of rotatable bonds is 6. The molecular formula is C15H20N4O2. The standard InChI is InChI=1S/C15H20N4O2/c1-12(10-20)18-15(21)17-8-13-2-4-14(5-3-13)9-19-7-6-16-11-19/h2-7,11-12,20H,8-10H2,1H3,(H2,17,18,21). The number of carbonyl (C=O) groups is 1. The van der Waals surface area contributed by atoms with Crippen LogP contribution in [0.5, 0.6) is 0 Å². The van der Waals surface area contributed by atoms with E-state index in [1.54, 1.807) is 19.4 Å². The minimum absolute atomic E-state index is 0.0730. The Balaban J connectivity index is 1.81. The molecule has 0 fully saturated rings. The molecule has 0 bridgehead atoms. The predicted molar refractivity (Wildman–Crippen MR) is 79.7 cm³/mol. The van der Waals surface area contributed by atoms with E-state index in [4.69, 9.17) is 5.11 Å². The molecule has 0 aliphatic carbocycles. The number of amides is 2. The van der Waals surface area contributed by atoms with E-state index in [1.807, 2.05) is 35.0 Å². The second-order valence-electron chi connectivity index (χ2n) is 4.96. The molecule has 3 N–H and O–H groups in total. The molecule has 6 nitrogen and oxygen atoms in total. The molecule has 6 heteroatoms. The quantitative estimate of drug-likeness (QED) is 0.745. The van der Waals surface area contributed by atoms with Crippen molar-refractivity contribution in [3.63, 3.8) is 0 Å². The fourth-order valence-electron chi connectivity index (χ4n) is 1.86. The van der Waals surface area contributed by atoms with Gasteiger partial charge >= 0.3 is 6.03 Å². The molecule has 0 spiro atoms.